The second kappa shape index (κ2) is 9.61. The molecule has 0 spiro atoms. The molecule has 134 valence electrons. The highest BCUT2D eigenvalue weighted by Crippen LogP contribution is 2.20. The van der Waals surface area contributed by atoms with Crippen LogP contribution in [0.25, 0.3) is 10.8 Å². The number of piperidine rings is 1. The average Bonchev–Trinajstić information content (AvgIpc) is 2.56. The summed E-state index contributed by atoms with van der Waals surface area (Å²) in [6.45, 7) is 2.50. The lowest BCUT2D eigenvalue weighted by Crippen LogP contribution is -2.21. The van der Waals surface area contributed by atoms with E-state index in [0.29, 0.717) is 0 Å². The van der Waals surface area contributed by atoms with Crippen LogP contribution in [0.5, 0.6) is 0 Å². The van der Waals surface area contributed by atoms with Crippen LogP contribution < -0.4 is 5.32 Å². The van der Waals surface area contributed by atoms with Gasteiger partial charge in [0.1, 0.15) is 0 Å². The first kappa shape index (κ1) is 20.4. The number of fused-ring (bicyclic) bond motifs is 1. The molecule has 8 heteroatoms. The van der Waals surface area contributed by atoms with Crippen LogP contribution in [-0.2, 0) is 10.1 Å². The first-order valence-corrected chi connectivity index (χ1v) is 8.84. The fourth-order valence-electron chi connectivity index (χ4n) is 1.93. The molecule has 3 rings (SSSR count). The molecule has 2 aromatic carbocycles. The predicted molar refractivity (Wildman–Crippen MR) is 88.3 cm³/mol. The Bertz CT molecular complexity index is 637. The van der Waals surface area contributed by atoms with Gasteiger partial charge in [0.2, 0.25) is 0 Å². The second-order valence-electron chi connectivity index (χ2n) is 5.08. The minimum atomic E-state index is -5.84. The molecule has 24 heavy (non-hydrogen) atoms. The van der Waals surface area contributed by atoms with Crippen molar-refractivity contribution in [3.05, 3.63) is 48.5 Å². The van der Waals surface area contributed by atoms with Crippen molar-refractivity contribution in [3.63, 3.8) is 0 Å². The van der Waals surface area contributed by atoms with Crippen molar-refractivity contribution >= 4 is 20.9 Å². The van der Waals surface area contributed by atoms with Gasteiger partial charge in [0.15, 0.2) is 0 Å². The van der Waals surface area contributed by atoms with Crippen molar-refractivity contribution in [1.82, 2.24) is 5.32 Å². The maximum absolute atomic E-state index is 10.7. The molecule has 0 unspecified atom stereocenters. The maximum atomic E-state index is 10.7. The lowest BCUT2D eigenvalue weighted by Gasteiger charge is -2.08. The van der Waals surface area contributed by atoms with Gasteiger partial charge in [-0.2, -0.15) is 21.6 Å². The average molecular weight is 363 g/mol. The van der Waals surface area contributed by atoms with Crippen LogP contribution in [0.4, 0.5) is 13.2 Å². The van der Waals surface area contributed by atoms with Gasteiger partial charge >= 0.3 is 15.6 Å². The van der Waals surface area contributed by atoms with Crippen LogP contribution in [0.15, 0.2) is 48.5 Å². The van der Waals surface area contributed by atoms with Gasteiger partial charge in [0, 0.05) is 0 Å². The van der Waals surface area contributed by atoms with Crippen molar-refractivity contribution in [2.45, 2.75) is 24.8 Å². The molecule has 0 atom stereocenters. The molecule has 0 aromatic heterocycles. The van der Waals surface area contributed by atoms with E-state index in [1.54, 1.807) is 0 Å². The van der Waals surface area contributed by atoms with Crippen LogP contribution >= 0.6 is 0 Å². The summed E-state index contributed by atoms with van der Waals surface area (Å²) in [6.07, 6.45) is 4.22. The first-order valence-electron chi connectivity index (χ1n) is 7.40. The van der Waals surface area contributed by atoms with Crippen LogP contribution in [-0.4, -0.2) is 31.6 Å². The predicted octanol–water partition coefficient (Wildman–Crippen LogP) is 3.99. The summed E-state index contributed by atoms with van der Waals surface area (Å²) in [6, 6.07) is 16.7. The van der Waals surface area contributed by atoms with E-state index in [0.717, 1.165) is 0 Å². The Labute approximate surface area is 139 Å². The number of hydrogen-bond acceptors (Lipinski definition) is 3. The highest BCUT2D eigenvalue weighted by Gasteiger charge is 2.44. The van der Waals surface area contributed by atoms with E-state index < -0.39 is 15.6 Å². The standard InChI is InChI=1S/C10H8.C5H11N.CHF3O3S/c1-2-6-10-8-4-3-7-9(10)5-1;1-2-4-6-5-3-1;2-1(3,4)8(5,6)7/h1-8H;6H,1-5H2;(H,5,6,7). The number of halogens is 3. The maximum Gasteiger partial charge on any atom is 0.522 e. The molecule has 1 heterocycles. The molecule has 2 N–H and O–H groups in total. The van der Waals surface area contributed by atoms with E-state index in [2.05, 4.69) is 53.8 Å². The molecular formula is C16H20F3NO3S. The number of hydrogen-bond donors (Lipinski definition) is 2. The lowest BCUT2D eigenvalue weighted by molar-refractivity contribution is -0.0510. The number of benzene rings is 2. The SMILES string of the molecule is C1CCNCC1.O=S(=O)(O)C(F)(F)F.c1ccc2ccccc2c1. The van der Waals surface area contributed by atoms with Gasteiger partial charge in [0.25, 0.3) is 0 Å². The summed E-state index contributed by atoms with van der Waals surface area (Å²) in [5, 5.41) is 5.91. The van der Waals surface area contributed by atoms with Crippen LogP contribution in [0, 0.1) is 0 Å². The molecule has 0 bridgehead atoms. The monoisotopic (exact) mass is 363 g/mol. The van der Waals surface area contributed by atoms with Crippen molar-refractivity contribution in [3.8, 4) is 0 Å². The summed E-state index contributed by atoms with van der Waals surface area (Å²) < 4.78 is 57.5. The van der Waals surface area contributed by atoms with Crippen LogP contribution in [0.1, 0.15) is 19.3 Å². The minimum absolute atomic E-state index is 1.25. The summed E-state index contributed by atoms with van der Waals surface area (Å²) in [7, 11) is -5.84. The van der Waals surface area contributed by atoms with Crippen molar-refractivity contribution in [1.29, 1.82) is 0 Å². The third kappa shape index (κ3) is 7.76. The van der Waals surface area contributed by atoms with Crippen LogP contribution in [0.3, 0.4) is 0 Å². The molecule has 1 fully saturated rings. The quantitative estimate of drug-likeness (QED) is 0.549. The van der Waals surface area contributed by atoms with Gasteiger partial charge in [-0.05, 0) is 36.7 Å². The van der Waals surface area contributed by atoms with E-state index in [9.17, 15) is 13.2 Å². The van der Waals surface area contributed by atoms with Gasteiger partial charge in [-0.25, -0.2) is 0 Å². The summed E-state index contributed by atoms with van der Waals surface area (Å²) in [5.74, 6) is 0. The van der Waals surface area contributed by atoms with Gasteiger partial charge in [-0.3, -0.25) is 4.55 Å². The van der Waals surface area contributed by atoms with E-state index in [1.165, 1.54) is 43.1 Å². The highest BCUT2D eigenvalue weighted by molar-refractivity contribution is 7.86. The zero-order chi connectivity index (χ0) is 18.1. The summed E-state index contributed by atoms with van der Waals surface area (Å²) >= 11 is 0. The van der Waals surface area contributed by atoms with Crippen molar-refractivity contribution in [2.75, 3.05) is 13.1 Å². The molecule has 0 saturated carbocycles. The molecule has 4 nitrogen and oxygen atoms in total. The fourth-order valence-corrected chi connectivity index (χ4v) is 1.93. The molecule has 2 aromatic rings. The normalized spacial score (nSPS) is 14.8. The number of alkyl halides is 3. The molecule has 0 aliphatic carbocycles. The van der Waals surface area contributed by atoms with E-state index in [1.807, 2.05) is 0 Å². The summed E-state index contributed by atoms with van der Waals surface area (Å²) in [4.78, 5) is 0. The molecule has 1 saturated heterocycles. The zero-order valence-corrected chi connectivity index (χ0v) is 13.8. The number of nitrogens with one attached hydrogen (secondary N) is 1. The Morgan fingerprint density at radius 1 is 0.833 bits per heavy atom. The third-order valence-electron chi connectivity index (χ3n) is 3.16. The molecule has 1 aliphatic heterocycles. The zero-order valence-electron chi connectivity index (χ0n) is 13.0. The second-order valence-corrected chi connectivity index (χ2v) is 6.49. The van der Waals surface area contributed by atoms with E-state index in [-0.39, 0.29) is 0 Å². The Kier molecular flexibility index (Phi) is 8.17. The summed E-state index contributed by atoms with van der Waals surface area (Å²) in [5.41, 5.74) is -5.53. The van der Waals surface area contributed by atoms with E-state index >= 15 is 0 Å². The minimum Gasteiger partial charge on any atom is -0.317 e. The Morgan fingerprint density at radius 3 is 1.33 bits per heavy atom. The van der Waals surface area contributed by atoms with Gasteiger partial charge in [-0.15, -0.1) is 0 Å². The lowest BCUT2D eigenvalue weighted by atomic mass is 10.1. The van der Waals surface area contributed by atoms with Gasteiger partial charge < -0.3 is 5.32 Å². The first-order chi connectivity index (χ1) is 11.2. The van der Waals surface area contributed by atoms with Gasteiger partial charge in [-0.1, -0.05) is 55.0 Å². The Morgan fingerprint density at radius 2 is 1.17 bits per heavy atom. The topological polar surface area (TPSA) is 66.4 Å². The Balaban J connectivity index is 0.000000187. The third-order valence-corrected chi connectivity index (χ3v) is 3.74. The van der Waals surface area contributed by atoms with Crippen molar-refractivity contribution < 1.29 is 26.1 Å². The van der Waals surface area contributed by atoms with Crippen LogP contribution in [0.2, 0.25) is 0 Å². The molecule has 0 radical (unpaired) electrons. The molecule has 0 amide bonds. The molecule has 1 aliphatic rings. The Hall–Kier alpha value is -1.64. The fraction of sp³-hybridized carbons (Fsp3) is 0.375. The highest BCUT2D eigenvalue weighted by atomic mass is 32.2. The number of rotatable bonds is 0. The largest absolute Gasteiger partial charge is 0.522 e. The van der Waals surface area contributed by atoms with Crippen molar-refractivity contribution in [2.24, 2.45) is 0 Å². The van der Waals surface area contributed by atoms with Gasteiger partial charge in [0.05, 0.1) is 0 Å². The van der Waals surface area contributed by atoms with E-state index in [4.69, 9.17) is 13.0 Å². The molecular weight excluding hydrogens is 343 g/mol. The smallest absolute Gasteiger partial charge is 0.317 e.